The zero-order valence-electron chi connectivity index (χ0n) is 18.0. The third-order valence-corrected chi connectivity index (χ3v) is 4.37. The van der Waals surface area contributed by atoms with Gasteiger partial charge in [-0.25, -0.2) is 0 Å². The lowest BCUT2D eigenvalue weighted by atomic mass is 9.94. The van der Waals surface area contributed by atoms with Crippen molar-refractivity contribution < 1.29 is 9.47 Å². The average Bonchev–Trinajstić information content (AvgIpc) is 2.65. The van der Waals surface area contributed by atoms with Crippen LogP contribution in [0.4, 0.5) is 0 Å². The van der Waals surface area contributed by atoms with Crippen molar-refractivity contribution in [3.63, 3.8) is 0 Å². The highest BCUT2D eigenvalue weighted by Crippen LogP contribution is 2.19. The number of rotatable bonds is 12. The van der Waals surface area contributed by atoms with Gasteiger partial charge in [-0.05, 0) is 58.9 Å². The Hall–Kier alpha value is -1.46. The minimum atomic E-state index is 0. The van der Waals surface area contributed by atoms with E-state index in [2.05, 4.69) is 38.0 Å². The van der Waals surface area contributed by atoms with E-state index in [1.807, 2.05) is 60.7 Å². The molecule has 2 aromatic carbocycles. The average molecular weight is 443 g/mol. The van der Waals surface area contributed by atoms with Crippen LogP contribution in [0.3, 0.4) is 0 Å². The van der Waals surface area contributed by atoms with Crippen LogP contribution in [0.5, 0.6) is 11.5 Å². The fraction of sp³-hybridized carbons (Fsp3) is 0.478. The van der Waals surface area contributed by atoms with Crippen LogP contribution in [0.25, 0.3) is 0 Å². The van der Waals surface area contributed by atoms with Crippen molar-refractivity contribution >= 4 is 24.8 Å². The number of hydrogen-bond donors (Lipinski definition) is 0. The van der Waals surface area contributed by atoms with Crippen LogP contribution >= 0.6 is 24.8 Å². The van der Waals surface area contributed by atoms with Crippen LogP contribution in [0.2, 0.25) is 0 Å². The lowest BCUT2D eigenvalue weighted by Crippen LogP contribution is -2.33. The minimum Gasteiger partial charge on any atom is -0.493 e. The quantitative estimate of drug-likeness (QED) is 0.474. The molecule has 4 nitrogen and oxygen atoms in total. The van der Waals surface area contributed by atoms with Gasteiger partial charge in [-0.1, -0.05) is 36.4 Å². The number of nitrogens with zero attached hydrogens (tertiary/aromatic N) is 2. The summed E-state index contributed by atoms with van der Waals surface area (Å²) in [5.74, 6) is 2.77. The van der Waals surface area contributed by atoms with Gasteiger partial charge in [0, 0.05) is 24.9 Å². The van der Waals surface area contributed by atoms with E-state index in [0.29, 0.717) is 11.8 Å². The Kier molecular flexibility index (Phi) is 14.6. The predicted octanol–water partition coefficient (Wildman–Crippen LogP) is 4.73. The number of halogens is 2. The van der Waals surface area contributed by atoms with Crippen LogP contribution in [0.15, 0.2) is 60.7 Å². The second-order valence-corrected chi connectivity index (χ2v) is 7.74. The summed E-state index contributed by atoms with van der Waals surface area (Å²) in [6.45, 7) is 3.44. The molecule has 0 aliphatic carbocycles. The summed E-state index contributed by atoms with van der Waals surface area (Å²) in [6.07, 6.45) is 1.07. The van der Waals surface area contributed by atoms with Gasteiger partial charge in [-0.2, -0.15) is 0 Å². The van der Waals surface area contributed by atoms with E-state index in [-0.39, 0.29) is 24.8 Å². The molecule has 0 saturated carbocycles. The maximum absolute atomic E-state index is 6.06. The van der Waals surface area contributed by atoms with Gasteiger partial charge in [0.25, 0.3) is 0 Å². The largest absolute Gasteiger partial charge is 0.493 e. The summed E-state index contributed by atoms with van der Waals surface area (Å²) in [6, 6.07) is 20.1. The highest BCUT2D eigenvalue weighted by molar-refractivity contribution is 5.85. The first kappa shape index (κ1) is 27.5. The van der Waals surface area contributed by atoms with Crippen LogP contribution in [0, 0.1) is 11.8 Å². The van der Waals surface area contributed by atoms with Gasteiger partial charge in [0.2, 0.25) is 0 Å². The van der Waals surface area contributed by atoms with Crippen molar-refractivity contribution in [2.45, 2.75) is 6.42 Å². The zero-order chi connectivity index (χ0) is 19.5. The molecule has 0 spiro atoms. The Morgan fingerprint density at radius 3 is 1.28 bits per heavy atom. The molecule has 0 aromatic heterocycles. The fourth-order valence-corrected chi connectivity index (χ4v) is 3.36. The molecular formula is C23H36Cl2N2O2. The Balaban J connectivity index is 0.00000392. The first-order valence-electron chi connectivity index (χ1n) is 9.68. The van der Waals surface area contributed by atoms with Gasteiger partial charge in [0.1, 0.15) is 11.5 Å². The Bertz CT molecular complexity index is 572. The molecule has 0 aliphatic rings. The van der Waals surface area contributed by atoms with Crippen molar-refractivity contribution in [2.24, 2.45) is 11.8 Å². The van der Waals surface area contributed by atoms with Crippen molar-refractivity contribution in [3.05, 3.63) is 60.7 Å². The van der Waals surface area contributed by atoms with Gasteiger partial charge in [0.15, 0.2) is 0 Å². The molecule has 2 atom stereocenters. The predicted molar refractivity (Wildman–Crippen MR) is 127 cm³/mol. The minimum absolute atomic E-state index is 0. The smallest absolute Gasteiger partial charge is 0.119 e. The third-order valence-electron chi connectivity index (χ3n) is 4.37. The Labute approximate surface area is 189 Å². The molecule has 2 aromatic rings. The molecule has 2 unspecified atom stereocenters. The summed E-state index contributed by atoms with van der Waals surface area (Å²) < 4.78 is 12.1. The zero-order valence-corrected chi connectivity index (χ0v) is 19.6. The normalized spacial score (nSPS) is 12.6. The molecule has 0 radical (unpaired) electrons. The molecule has 6 heteroatoms. The van der Waals surface area contributed by atoms with Gasteiger partial charge in [0.05, 0.1) is 13.2 Å². The van der Waals surface area contributed by atoms with Crippen LogP contribution in [-0.2, 0) is 0 Å². The fourth-order valence-electron chi connectivity index (χ4n) is 3.36. The molecule has 2 rings (SSSR count). The maximum atomic E-state index is 6.06. The Morgan fingerprint density at radius 1 is 0.621 bits per heavy atom. The maximum Gasteiger partial charge on any atom is 0.119 e. The molecule has 29 heavy (non-hydrogen) atoms. The highest BCUT2D eigenvalue weighted by atomic mass is 35.5. The van der Waals surface area contributed by atoms with Crippen LogP contribution < -0.4 is 9.47 Å². The van der Waals surface area contributed by atoms with Crippen molar-refractivity contribution in [3.8, 4) is 11.5 Å². The molecule has 0 saturated heterocycles. The van der Waals surface area contributed by atoms with E-state index in [9.17, 15) is 0 Å². The summed E-state index contributed by atoms with van der Waals surface area (Å²) in [7, 11) is 8.49. The summed E-state index contributed by atoms with van der Waals surface area (Å²) in [4.78, 5) is 4.48. The molecule has 0 bridgehead atoms. The van der Waals surface area contributed by atoms with Crippen LogP contribution in [0.1, 0.15) is 6.42 Å². The molecule has 0 N–H and O–H groups in total. The van der Waals surface area contributed by atoms with E-state index in [1.54, 1.807) is 0 Å². The monoisotopic (exact) mass is 442 g/mol. The highest BCUT2D eigenvalue weighted by Gasteiger charge is 2.20. The molecule has 164 valence electrons. The molecular weight excluding hydrogens is 407 g/mol. The summed E-state index contributed by atoms with van der Waals surface area (Å²) >= 11 is 0. The number of benzene rings is 2. The van der Waals surface area contributed by atoms with Gasteiger partial charge in [-0.3, -0.25) is 0 Å². The first-order chi connectivity index (χ1) is 13.0. The number of ether oxygens (including phenoxy) is 2. The van der Waals surface area contributed by atoms with Crippen molar-refractivity contribution in [2.75, 3.05) is 54.5 Å². The SMILES string of the molecule is CN(C)CC(COc1ccccc1)CC(COc1ccccc1)CN(C)C.Cl.Cl. The second-order valence-electron chi connectivity index (χ2n) is 7.74. The van der Waals surface area contributed by atoms with E-state index in [1.165, 1.54) is 0 Å². The van der Waals surface area contributed by atoms with Crippen molar-refractivity contribution in [1.29, 1.82) is 0 Å². The van der Waals surface area contributed by atoms with E-state index in [4.69, 9.17) is 9.47 Å². The van der Waals surface area contributed by atoms with Crippen molar-refractivity contribution in [1.82, 2.24) is 9.80 Å². The summed E-state index contributed by atoms with van der Waals surface area (Å²) in [5.41, 5.74) is 0. The molecule has 0 amide bonds. The van der Waals surface area contributed by atoms with Gasteiger partial charge in [-0.15, -0.1) is 24.8 Å². The standard InChI is InChI=1S/C23H34N2O2.2ClH/c1-24(2)16-20(18-26-22-11-7-5-8-12-22)15-21(17-25(3)4)19-27-23-13-9-6-10-14-23;;/h5-14,20-21H,15-19H2,1-4H3;2*1H. The van der Waals surface area contributed by atoms with E-state index >= 15 is 0 Å². The number of para-hydroxylation sites is 2. The topological polar surface area (TPSA) is 24.9 Å². The van der Waals surface area contributed by atoms with Gasteiger partial charge < -0.3 is 19.3 Å². The summed E-state index contributed by atoms with van der Waals surface area (Å²) in [5, 5.41) is 0. The Morgan fingerprint density at radius 2 is 0.966 bits per heavy atom. The third kappa shape index (κ3) is 12.0. The molecule has 0 fully saturated rings. The number of hydrogen-bond acceptors (Lipinski definition) is 4. The van der Waals surface area contributed by atoms with Crippen LogP contribution in [-0.4, -0.2) is 64.3 Å². The molecule has 0 aliphatic heterocycles. The molecule has 0 heterocycles. The lowest BCUT2D eigenvalue weighted by Gasteiger charge is -2.28. The van der Waals surface area contributed by atoms with E-state index in [0.717, 1.165) is 44.2 Å². The second kappa shape index (κ2) is 15.4. The van der Waals surface area contributed by atoms with E-state index < -0.39 is 0 Å². The van der Waals surface area contributed by atoms with Gasteiger partial charge >= 0.3 is 0 Å². The first-order valence-corrected chi connectivity index (χ1v) is 9.68. The lowest BCUT2D eigenvalue weighted by molar-refractivity contribution is 0.141.